The summed E-state index contributed by atoms with van der Waals surface area (Å²) in [5.41, 5.74) is 5.37. The smallest absolute Gasteiger partial charge is 0.317 e. The van der Waals surface area contributed by atoms with Crippen LogP contribution in [-0.2, 0) is 4.74 Å². The summed E-state index contributed by atoms with van der Waals surface area (Å²) in [6, 6.07) is 0.283. The van der Waals surface area contributed by atoms with Crippen LogP contribution in [0.2, 0.25) is 0 Å². The zero-order chi connectivity index (χ0) is 11.5. The molecule has 1 heterocycles. The number of morpholine rings is 1. The van der Waals surface area contributed by atoms with Crippen LogP contribution in [0.15, 0.2) is 0 Å². The van der Waals surface area contributed by atoms with Crippen molar-refractivity contribution in [1.29, 1.82) is 5.41 Å². The van der Waals surface area contributed by atoms with Crippen LogP contribution in [0.4, 0.5) is 4.79 Å². The number of urea groups is 1. The Kier molecular flexibility index (Phi) is 3.28. The Morgan fingerprint density at radius 3 is 2.81 bits per heavy atom. The van der Waals surface area contributed by atoms with Crippen molar-refractivity contribution >= 4 is 11.9 Å². The highest BCUT2D eigenvalue weighted by atomic mass is 16.5. The van der Waals surface area contributed by atoms with Gasteiger partial charge in [-0.15, -0.1) is 0 Å². The van der Waals surface area contributed by atoms with Crippen LogP contribution in [0, 0.1) is 5.41 Å². The van der Waals surface area contributed by atoms with Crippen molar-refractivity contribution in [2.45, 2.75) is 31.4 Å². The number of carbonyl (C=O) groups excluding carboxylic acids is 1. The zero-order valence-corrected chi connectivity index (χ0v) is 9.24. The number of nitrogens with two attached hydrogens (primary N) is 1. The number of ether oxygens (including phenoxy) is 1. The molecule has 2 amide bonds. The molecule has 0 radical (unpaired) electrons. The first-order valence-corrected chi connectivity index (χ1v) is 5.68. The standard InChI is InChI=1S/C10H18N4O2/c11-9(12)8-6-14(4-5-16-8)10(15)13-7-2-1-3-7/h7-8H,1-6H2,(H3,11,12)(H,13,15). The second kappa shape index (κ2) is 4.69. The largest absolute Gasteiger partial charge is 0.385 e. The number of nitrogens with one attached hydrogen (secondary N) is 2. The van der Waals surface area contributed by atoms with E-state index in [1.807, 2.05) is 0 Å². The van der Waals surface area contributed by atoms with Gasteiger partial charge in [-0.25, -0.2) is 4.79 Å². The Morgan fingerprint density at radius 1 is 1.50 bits per heavy atom. The molecule has 0 aromatic carbocycles. The molecule has 0 aromatic rings. The molecule has 2 fully saturated rings. The minimum absolute atomic E-state index is 0.0128. The summed E-state index contributed by atoms with van der Waals surface area (Å²) >= 11 is 0. The van der Waals surface area contributed by atoms with Gasteiger partial charge in [0.05, 0.1) is 13.2 Å². The fraction of sp³-hybridized carbons (Fsp3) is 0.800. The summed E-state index contributed by atoms with van der Waals surface area (Å²) in [6.45, 7) is 1.40. The van der Waals surface area contributed by atoms with Crippen molar-refractivity contribution < 1.29 is 9.53 Å². The fourth-order valence-corrected chi connectivity index (χ4v) is 1.84. The number of nitrogens with zero attached hydrogens (tertiary/aromatic N) is 1. The molecule has 6 heteroatoms. The van der Waals surface area contributed by atoms with Crippen LogP contribution >= 0.6 is 0 Å². The molecular formula is C10H18N4O2. The van der Waals surface area contributed by atoms with Gasteiger partial charge in [0.2, 0.25) is 0 Å². The second-order valence-corrected chi connectivity index (χ2v) is 4.34. The average Bonchev–Trinajstić information content (AvgIpc) is 2.23. The van der Waals surface area contributed by atoms with Crippen LogP contribution in [0.1, 0.15) is 19.3 Å². The van der Waals surface area contributed by atoms with Crippen molar-refractivity contribution in [2.24, 2.45) is 5.73 Å². The van der Waals surface area contributed by atoms with Gasteiger partial charge < -0.3 is 20.7 Å². The van der Waals surface area contributed by atoms with E-state index in [0.717, 1.165) is 12.8 Å². The third-order valence-corrected chi connectivity index (χ3v) is 3.13. The molecule has 1 aliphatic carbocycles. The molecule has 16 heavy (non-hydrogen) atoms. The SMILES string of the molecule is N=C(N)C1CN(C(=O)NC2CCC2)CCO1. The average molecular weight is 226 g/mol. The molecule has 2 aliphatic rings. The van der Waals surface area contributed by atoms with Crippen molar-refractivity contribution in [3.05, 3.63) is 0 Å². The normalized spacial score (nSPS) is 26.0. The fourth-order valence-electron chi connectivity index (χ4n) is 1.84. The maximum Gasteiger partial charge on any atom is 0.317 e. The molecule has 0 bridgehead atoms. The van der Waals surface area contributed by atoms with E-state index in [1.54, 1.807) is 4.90 Å². The van der Waals surface area contributed by atoms with Crippen LogP contribution < -0.4 is 11.1 Å². The Bertz CT molecular complexity index is 291. The number of rotatable bonds is 2. The molecule has 1 saturated heterocycles. The zero-order valence-electron chi connectivity index (χ0n) is 9.24. The minimum atomic E-state index is -0.444. The summed E-state index contributed by atoms with van der Waals surface area (Å²) in [5, 5.41) is 10.3. The van der Waals surface area contributed by atoms with Gasteiger partial charge in [0.15, 0.2) is 0 Å². The maximum absolute atomic E-state index is 11.8. The van der Waals surface area contributed by atoms with E-state index >= 15 is 0 Å². The Balaban J connectivity index is 1.83. The molecule has 0 aromatic heterocycles. The third kappa shape index (κ3) is 2.44. The number of amidine groups is 1. The number of carbonyl (C=O) groups is 1. The molecular weight excluding hydrogens is 208 g/mol. The van der Waals surface area contributed by atoms with Gasteiger partial charge in [-0.2, -0.15) is 0 Å². The lowest BCUT2D eigenvalue weighted by Crippen LogP contribution is -2.55. The maximum atomic E-state index is 11.8. The highest BCUT2D eigenvalue weighted by Gasteiger charge is 2.28. The molecule has 6 nitrogen and oxygen atoms in total. The molecule has 0 spiro atoms. The lowest BCUT2D eigenvalue weighted by molar-refractivity contribution is 0.0199. The van der Waals surface area contributed by atoms with E-state index in [0.29, 0.717) is 25.7 Å². The first kappa shape index (κ1) is 11.2. The van der Waals surface area contributed by atoms with Gasteiger partial charge in [0.25, 0.3) is 0 Å². The van der Waals surface area contributed by atoms with Crippen molar-refractivity contribution in [1.82, 2.24) is 10.2 Å². The van der Waals surface area contributed by atoms with E-state index in [-0.39, 0.29) is 11.9 Å². The lowest BCUT2D eigenvalue weighted by Gasteiger charge is -2.35. The van der Waals surface area contributed by atoms with Gasteiger partial charge in [0, 0.05) is 12.6 Å². The number of amides is 2. The third-order valence-electron chi connectivity index (χ3n) is 3.13. The first-order chi connectivity index (χ1) is 7.66. The van der Waals surface area contributed by atoms with Crippen LogP contribution in [0.3, 0.4) is 0 Å². The van der Waals surface area contributed by atoms with E-state index in [9.17, 15) is 4.79 Å². The van der Waals surface area contributed by atoms with Gasteiger partial charge in [0.1, 0.15) is 11.9 Å². The van der Waals surface area contributed by atoms with E-state index in [4.69, 9.17) is 15.9 Å². The molecule has 4 N–H and O–H groups in total. The highest BCUT2D eigenvalue weighted by Crippen LogP contribution is 2.18. The molecule has 1 aliphatic heterocycles. The minimum Gasteiger partial charge on any atom is -0.385 e. The van der Waals surface area contributed by atoms with Crippen molar-refractivity contribution in [3.63, 3.8) is 0 Å². The lowest BCUT2D eigenvalue weighted by atomic mass is 9.93. The van der Waals surface area contributed by atoms with Gasteiger partial charge >= 0.3 is 6.03 Å². The topological polar surface area (TPSA) is 91.4 Å². The van der Waals surface area contributed by atoms with E-state index in [2.05, 4.69) is 5.32 Å². The van der Waals surface area contributed by atoms with E-state index in [1.165, 1.54) is 6.42 Å². The summed E-state index contributed by atoms with van der Waals surface area (Å²) in [7, 11) is 0. The predicted octanol–water partition coefficient (Wildman–Crippen LogP) is -0.115. The molecule has 1 unspecified atom stereocenters. The highest BCUT2D eigenvalue weighted by molar-refractivity contribution is 5.83. The van der Waals surface area contributed by atoms with Gasteiger partial charge in [-0.05, 0) is 19.3 Å². The van der Waals surface area contributed by atoms with Crippen LogP contribution in [-0.4, -0.2) is 48.6 Å². The Labute approximate surface area is 94.6 Å². The number of hydrogen-bond acceptors (Lipinski definition) is 3. The number of hydrogen-bond donors (Lipinski definition) is 3. The Morgan fingerprint density at radius 2 is 2.25 bits per heavy atom. The quantitative estimate of drug-likeness (QED) is 0.453. The van der Waals surface area contributed by atoms with Crippen LogP contribution in [0.25, 0.3) is 0 Å². The van der Waals surface area contributed by atoms with Crippen molar-refractivity contribution in [2.75, 3.05) is 19.7 Å². The summed E-state index contributed by atoms with van der Waals surface area (Å²) < 4.78 is 5.29. The Hall–Kier alpha value is -1.30. The van der Waals surface area contributed by atoms with Gasteiger partial charge in [-0.3, -0.25) is 5.41 Å². The summed E-state index contributed by atoms with van der Waals surface area (Å²) in [6.07, 6.45) is 2.91. The van der Waals surface area contributed by atoms with Crippen molar-refractivity contribution in [3.8, 4) is 0 Å². The summed E-state index contributed by atoms with van der Waals surface area (Å²) in [4.78, 5) is 13.5. The summed E-state index contributed by atoms with van der Waals surface area (Å²) in [5.74, 6) is -0.0128. The molecule has 1 atom stereocenters. The van der Waals surface area contributed by atoms with E-state index < -0.39 is 6.10 Å². The van der Waals surface area contributed by atoms with Gasteiger partial charge in [-0.1, -0.05) is 0 Å². The molecule has 90 valence electrons. The molecule has 2 rings (SSSR count). The molecule has 1 saturated carbocycles. The van der Waals surface area contributed by atoms with Crippen LogP contribution in [0.5, 0.6) is 0 Å². The first-order valence-electron chi connectivity index (χ1n) is 5.68. The second-order valence-electron chi connectivity index (χ2n) is 4.34. The monoisotopic (exact) mass is 226 g/mol. The predicted molar refractivity (Wildman–Crippen MR) is 59.4 cm³/mol.